The van der Waals surface area contributed by atoms with Crippen LogP contribution in [-0.4, -0.2) is 11.0 Å². The molecule has 1 atom stereocenters. The van der Waals surface area contributed by atoms with E-state index in [0.717, 1.165) is 0 Å². The summed E-state index contributed by atoms with van der Waals surface area (Å²) in [7, 11) is 0. The Labute approximate surface area is 80.4 Å². The first-order chi connectivity index (χ1) is 5.48. The highest BCUT2D eigenvalue weighted by atomic mass is 32.2. The molecule has 0 saturated carbocycles. The fourth-order valence-electron chi connectivity index (χ4n) is 0.850. The van der Waals surface area contributed by atoms with E-state index in [1.54, 1.807) is 0 Å². The average molecular weight is 191 g/mol. The number of hydrogen-bond acceptors (Lipinski definition) is 3. The van der Waals surface area contributed by atoms with Crippen LogP contribution in [0.5, 0.6) is 0 Å². The van der Waals surface area contributed by atoms with Gasteiger partial charge in [0, 0.05) is 4.75 Å². The number of rotatable bonds is 6. The summed E-state index contributed by atoms with van der Waals surface area (Å²) in [5.41, 5.74) is 5.49. The average Bonchev–Trinajstić information content (AvgIpc) is 1.98. The molecule has 0 saturated heterocycles. The molecule has 3 heteroatoms. The van der Waals surface area contributed by atoms with Gasteiger partial charge in [-0.3, -0.25) is 4.18 Å². The van der Waals surface area contributed by atoms with E-state index < -0.39 is 0 Å². The number of unbranched alkanes of at least 4 members (excludes halogenated alkanes) is 1. The standard InChI is InChI=1S/C9H21NOS/c1-5-6-7-9(3,4)12-11-8(2)10/h8H,5-7,10H2,1-4H3. The zero-order valence-electron chi connectivity index (χ0n) is 8.59. The number of nitrogens with two attached hydrogens (primary N) is 1. The highest BCUT2D eigenvalue weighted by Crippen LogP contribution is 2.30. The second kappa shape index (κ2) is 5.84. The van der Waals surface area contributed by atoms with E-state index in [4.69, 9.17) is 9.92 Å². The molecule has 0 aliphatic rings. The Morgan fingerprint density at radius 2 is 2.08 bits per heavy atom. The smallest absolute Gasteiger partial charge is 0.117 e. The molecule has 2 N–H and O–H groups in total. The minimum absolute atomic E-state index is 0.170. The van der Waals surface area contributed by atoms with Gasteiger partial charge in [-0.15, -0.1) is 0 Å². The molecular weight excluding hydrogens is 170 g/mol. The Hall–Kier alpha value is 0.270. The Morgan fingerprint density at radius 3 is 2.50 bits per heavy atom. The van der Waals surface area contributed by atoms with Crippen molar-refractivity contribution in [3.8, 4) is 0 Å². The van der Waals surface area contributed by atoms with E-state index in [0.29, 0.717) is 0 Å². The van der Waals surface area contributed by atoms with Gasteiger partial charge in [-0.25, -0.2) is 0 Å². The molecule has 0 bridgehead atoms. The second-order valence-corrected chi connectivity index (χ2v) is 5.21. The van der Waals surface area contributed by atoms with Crippen LogP contribution in [0.25, 0.3) is 0 Å². The van der Waals surface area contributed by atoms with Gasteiger partial charge in [0.25, 0.3) is 0 Å². The summed E-state index contributed by atoms with van der Waals surface area (Å²) in [5, 5.41) is 0. The Bertz CT molecular complexity index is 115. The van der Waals surface area contributed by atoms with Crippen molar-refractivity contribution >= 4 is 12.0 Å². The molecule has 0 aliphatic carbocycles. The first-order valence-electron chi connectivity index (χ1n) is 4.58. The molecule has 0 aromatic rings. The predicted molar refractivity (Wildman–Crippen MR) is 55.9 cm³/mol. The SMILES string of the molecule is CCCCC(C)(C)SOC(C)N. The lowest BCUT2D eigenvalue weighted by molar-refractivity contribution is 0.267. The van der Waals surface area contributed by atoms with Crippen LogP contribution in [0.3, 0.4) is 0 Å². The van der Waals surface area contributed by atoms with Crippen LogP contribution >= 0.6 is 12.0 Å². The largest absolute Gasteiger partial charge is 0.305 e. The predicted octanol–water partition coefficient (Wildman–Crippen LogP) is 2.92. The first-order valence-corrected chi connectivity index (χ1v) is 5.32. The van der Waals surface area contributed by atoms with Crippen molar-refractivity contribution in [1.29, 1.82) is 0 Å². The molecule has 0 aliphatic heterocycles. The van der Waals surface area contributed by atoms with Crippen molar-refractivity contribution in [3.05, 3.63) is 0 Å². The summed E-state index contributed by atoms with van der Waals surface area (Å²) in [6, 6.07) is 0. The minimum atomic E-state index is -0.170. The maximum atomic E-state index is 5.49. The molecule has 0 amide bonds. The maximum Gasteiger partial charge on any atom is 0.117 e. The van der Waals surface area contributed by atoms with Crippen molar-refractivity contribution in [2.75, 3.05) is 0 Å². The van der Waals surface area contributed by atoms with Gasteiger partial charge in [0.1, 0.15) is 6.23 Å². The van der Waals surface area contributed by atoms with E-state index in [9.17, 15) is 0 Å². The van der Waals surface area contributed by atoms with Crippen molar-refractivity contribution in [3.63, 3.8) is 0 Å². The van der Waals surface area contributed by atoms with E-state index in [1.165, 1.54) is 31.3 Å². The van der Waals surface area contributed by atoms with Crippen LogP contribution in [0.2, 0.25) is 0 Å². The van der Waals surface area contributed by atoms with Gasteiger partial charge >= 0.3 is 0 Å². The molecule has 0 fully saturated rings. The molecule has 2 nitrogen and oxygen atoms in total. The van der Waals surface area contributed by atoms with Crippen molar-refractivity contribution in [2.45, 2.75) is 57.9 Å². The minimum Gasteiger partial charge on any atom is -0.305 e. The summed E-state index contributed by atoms with van der Waals surface area (Å²) >= 11 is 1.50. The van der Waals surface area contributed by atoms with E-state index in [1.807, 2.05) is 6.92 Å². The third kappa shape index (κ3) is 6.95. The summed E-state index contributed by atoms with van der Waals surface area (Å²) in [6.45, 7) is 8.43. The molecule has 12 heavy (non-hydrogen) atoms. The molecule has 1 unspecified atom stereocenters. The van der Waals surface area contributed by atoms with Gasteiger partial charge in [0.2, 0.25) is 0 Å². The fourth-order valence-corrected chi connectivity index (χ4v) is 1.49. The Balaban J connectivity index is 3.56. The fraction of sp³-hybridized carbons (Fsp3) is 1.00. The third-order valence-electron chi connectivity index (χ3n) is 1.56. The van der Waals surface area contributed by atoms with Crippen LogP contribution < -0.4 is 5.73 Å². The zero-order valence-corrected chi connectivity index (χ0v) is 9.41. The molecule has 0 heterocycles. The van der Waals surface area contributed by atoms with Crippen molar-refractivity contribution in [1.82, 2.24) is 0 Å². The molecule has 0 aromatic carbocycles. The van der Waals surface area contributed by atoms with Gasteiger partial charge < -0.3 is 5.73 Å². The van der Waals surface area contributed by atoms with Crippen LogP contribution in [0, 0.1) is 0 Å². The second-order valence-electron chi connectivity index (χ2n) is 3.75. The lowest BCUT2D eigenvalue weighted by Gasteiger charge is -2.23. The van der Waals surface area contributed by atoms with E-state index >= 15 is 0 Å². The van der Waals surface area contributed by atoms with Crippen LogP contribution in [-0.2, 0) is 4.18 Å². The van der Waals surface area contributed by atoms with Gasteiger partial charge in [0.15, 0.2) is 0 Å². The topological polar surface area (TPSA) is 35.2 Å². The van der Waals surface area contributed by atoms with Gasteiger partial charge in [-0.2, -0.15) is 0 Å². The summed E-state index contributed by atoms with van der Waals surface area (Å²) in [4.78, 5) is 0. The highest BCUT2D eigenvalue weighted by Gasteiger charge is 2.19. The van der Waals surface area contributed by atoms with Gasteiger partial charge in [-0.05, 0) is 39.2 Å². The molecule has 0 radical (unpaired) electrons. The first kappa shape index (κ1) is 12.3. The number of hydrogen-bond donors (Lipinski definition) is 1. The molecular formula is C9H21NOS. The summed E-state index contributed by atoms with van der Waals surface area (Å²) < 4.78 is 5.50. The Kier molecular flexibility index (Phi) is 5.97. The Morgan fingerprint density at radius 1 is 1.50 bits per heavy atom. The van der Waals surface area contributed by atoms with E-state index in [2.05, 4.69) is 20.8 Å². The normalized spacial score (nSPS) is 14.8. The van der Waals surface area contributed by atoms with Crippen LogP contribution in [0.1, 0.15) is 47.0 Å². The van der Waals surface area contributed by atoms with Crippen molar-refractivity contribution in [2.24, 2.45) is 5.73 Å². The lowest BCUT2D eigenvalue weighted by atomic mass is 10.1. The van der Waals surface area contributed by atoms with Crippen LogP contribution in [0.4, 0.5) is 0 Å². The molecule has 0 spiro atoms. The van der Waals surface area contributed by atoms with Gasteiger partial charge in [0.05, 0.1) is 0 Å². The third-order valence-corrected chi connectivity index (χ3v) is 2.61. The van der Waals surface area contributed by atoms with Gasteiger partial charge in [-0.1, -0.05) is 19.8 Å². The summed E-state index contributed by atoms with van der Waals surface area (Å²) in [6.07, 6.45) is 3.50. The lowest BCUT2D eigenvalue weighted by Crippen LogP contribution is -2.21. The van der Waals surface area contributed by atoms with E-state index in [-0.39, 0.29) is 11.0 Å². The molecule has 0 aromatic heterocycles. The maximum absolute atomic E-state index is 5.49. The quantitative estimate of drug-likeness (QED) is 0.518. The summed E-state index contributed by atoms with van der Waals surface area (Å²) in [5.74, 6) is 0. The van der Waals surface area contributed by atoms with Crippen molar-refractivity contribution < 1.29 is 4.18 Å². The zero-order chi connectivity index (χ0) is 9.61. The molecule has 0 rings (SSSR count). The molecule has 74 valence electrons. The monoisotopic (exact) mass is 191 g/mol. The highest BCUT2D eigenvalue weighted by molar-refractivity contribution is 7.96. The van der Waals surface area contributed by atoms with Crippen LogP contribution in [0.15, 0.2) is 0 Å².